The maximum absolute atomic E-state index is 2.18. The van der Waals surface area contributed by atoms with Gasteiger partial charge in [0.05, 0.1) is 0 Å². The summed E-state index contributed by atoms with van der Waals surface area (Å²) >= 11 is 0. The van der Waals surface area contributed by atoms with Gasteiger partial charge in [-0.15, -0.1) is 0 Å². The Morgan fingerprint density at radius 2 is 1.50 bits per heavy atom. The molecule has 0 fully saturated rings. The molecule has 0 heteroatoms. The molecular weight excluding hydrogens is 120 g/mol. The number of hydrogen-bond donors (Lipinski definition) is 0. The smallest absolute Gasteiger partial charge is 0.00996 e. The molecule has 0 saturated carbocycles. The number of rotatable bonds is 0. The van der Waals surface area contributed by atoms with Gasteiger partial charge in [-0.2, -0.15) is 0 Å². The van der Waals surface area contributed by atoms with Crippen LogP contribution in [0.15, 0.2) is 29.8 Å². The van der Waals surface area contributed by atoms with Crippen molar-refractivity contribution in [1.82, 2.24) is 0 Å². The van der Waals surface area contributed by atoms with Crippen LogP contribution in [0.3, 0.4) is 0 Å². The minimum absolute atomic E-state index is 1.43. The first-order valence-electron chi connectivity index (χ1n) is 3.58. The van der Waals surface area contributed by atoms with E-state index in [4.69, 9.17) is 0 Å². The minimum Gasteiger partial charge on any atom is -0.0679 e. The van der Waals surface area contributed by atoms with Gasteiger partial charge in [-0.3, -0.25) is 0 Å². The zero-order valence-electron chi connectivity index (χ0n) is 6.31. The predicted molar refractivity (Wildman–Crippen MR) is 43.8 cm³/mol. The van der Waals surface area contributed by atoms with Crippen LogP contribution in [0.5, 0.6) is 0 Å². The average molecular weight is 130 g/mol. The number of fused-ring (bicyclic) bond motifs is 1. The van der Waals surface area contributed by atoms with E-state index in [1.54, 1.807) is 0 Å². The summed E-state index contributed by atoms with van der Waals surface area (Å²) in [6, 6.07) is 8.54. The molecule has 0 atom stereocenters. The van der Waals surface area contributed by atoms with Gasteiger partial charge in [0.1, 0.15) is 0 Å². The molecule has 50 valence electrons. The molecule has 0 saturated heterocycles. The Balaban J connectivity index is 2.56. The van der Waals surface area contributed by atoms with Gasteiger partial charge in [0.2, 0.25) is 0 Å². The van der Waals surface area contributed by atoms with Gasteiger partial charge in [-0.05, 0) is 30.5 Å². The van der Waals surface area contributed by atoms with E-state index in [2.05, 4.69) is 38.1 Å². The van der Waals surface area contributed by atoms with Crippen LogP contribution in [0, 0.1) is 0 Å². The topological polar surface area (TPSA) is 0 Å². The lowest BCUT2D eigenvalue weighted by molar-refractivity contribution is 1.42. The molecule has 0 nitrogen and oxygen atoms in total. The van der Waals surface area contributed by atoms with Crippen LogP contribution in [-0.4, -0.2) is 0 Å². The van der Waals surface area contributed by atoms with Gasteiger partial charge in [0.25, 0.3) is 0 Å². The van der Waals surface area contributed by atoms with Gasteiger partial charge in [-0.1, -0.05) is 29.8 Å². The fourth-order valence-corrected chi connectivity index (χ4v) is 1.41. The number of benzene rings is 1. The van der Waals surface area contributed by atoms with Gasteiger partial charge in [-0.25, -0.2) is 0 Å². The lowest BCUT2D eigenvalue weighted by Gasteiger charge is -1.79. The van der Waals surface area contributed by atoms with E-state index >= 15 is 0 Å². The maximum Gasteiger partial charge on any atom is -0.00996 e. The van der Waals surface area contributed by atoms with Crippen LogP contribution >= 0.6 is 0 Å². The molecule has 10 heavy (non-hydrogen) atoms. The zero-order valence-corrected chi connectivity index (χ0v) is 6.31. The molecule has 0 N–H and O–H groups in total. The summed E-state index contributed by atoms with van der Waals surface area (Å²) in [6.07, 6.45) is 0. The lowest BCUT2D eigenvalue weighted by atomic mass is 10.3. The summed E-state index contributed by atoms with van der Waals surface area (Å²) in [6.45, 7) is 4.32. The maximum atomic E-state index is 2.18. The Morgan fingerprint density at radius 3 is 1.90 bits per heavy atom. The number of allylic oxidation sites excluding steroid dienone is 1. The van der Waals surface area contributed by atoms with Crippen molar-refractivity contribution in [3.8, 4) is 0 Å². The first-order chi connectivity index (χ1) is 4.80. The van der Waals surface area contributed by atoms with Crippen LogP contribution in [-0.2, 0) is 0 Å². The summed E-state index contributed by atoms with van der Waals surface area (Å²) < 4.78 is 0. The summed E-state index contributed by atoms with van der Waals surface area (Å²) in [5, 5.41) is 0. The van der Waals surface area contributed by atoms with Crippen LogP contribution in [0.1, 0.15) is 25.0 Å². The highest BCUT2D eigenvalue weighted by Crippen LogP contribution is 2.43. The van der Waals surface area contributed by atoms with E-state index in [9.17, 15) is 0 Å². The Labute approximate surface area is 61.2 Å². The first kappa shape index (κ1) is 5.72. The van der Waals surface area contributed by atoms with E-state index in [0.29, 0.717) is 0 Å². The molecule has 1 aromatic carbocycles. The average Bonchev–Trinajstić information content (AvgIpc) is 2.60. The summed E-state index contributed by atoms with van der Waals surface area (Å²) in [4.78, 5) is 0. The molecule has 0 bridgehead atoms. The molecule has 0 heterocycles. The van der Waals surface area contributed by atoms with Crippen LogP contribution in [0.2, 0.25) is 0 Å². The van der Waals surface area contributed by atoms with E-state index in [-0.39, 0.29) is 0 Å². The van der Waals surface area contributed by atoms with E-state index in [0.717, 1.165) is 0 Å². The second-order valence-corrected chi connectivity index (χ2v) is 2.92. The third-order valence-electron chi connectivity index (χ3n) is 1.90. The van der Waals surface area contributed by atoms with Gasteiger partial charge >= 0.3 is 0 Å². The number of hydrogen-bond acceptors (Lipinski definition) is 0. The van der Waals surface area contributed by atoms with E-state index in [1.165, 1.54) is 22.3 Å². The van der Waals surface area contributed by atoms with Crippen molar-refractivity contribution in [2.45, 2.75) is 13.8 Å². The zero-order chi connectivity index (χ0) is 7.14. The van der Waals surface area contributed by atoms with Crippen molar-refractivity contribution in [2.24, 2.45) is 0 Å². The van der Waals surface area contributed by atoms with Crippen molar-refractivity contribution in [3.63, 3.8) is 0 Å². The monoisotopic (exact) mass is 130 g/mol. The third-order valence-corrected chi connectivity index (χ3v) is 1.90. The van der Waals surface area contributed by atoms with E-state index < -0.39 is 0 Å². The Bertz CT molecular complexity index is 277. The highest BCUT2D eigenvalue weighted by Gasteiger charge is 2.23. The van der Waals surface area contributed by atoms with Gasteiger partial charge in [0, 0.05) is 0 Å². The second kappa shape index (κ2) is 1.72. The predicted octanol–water partition coefficient (Wildman–Crippen LogP) is 2.84. The molecule has 1 aliphatic rings. The third kappa shape index (κ3) is 0.621. The highest BCUT2D eigenvalue weighted by molar-refractivity contribution is 6.01. The summed E-state index contributed by atoms with van der Waals surface area (Å²) in [5.74, 6) is 0. The van der Waals surface area contributed by atoms with Crippen LogP contribution < -0.4 is 0 Å². The van der Waals surface area contributed by atoms with Crippen molar-refractivity contribution in [3.05, 3.63) is 41.0 Å². The molecule has 1 aliphatic carbocycles. The van der Waals surface area contributed by atoms with E-state index in [1.807, 2.05) is 0 Å². The van der Waals surface area contributed by atoms with Gasteiger partial charge < -0.3 is 0 Å². The Hall–Kier alpha value is -1.04. The highest BCUT2D eigenvalue weighted by atomic mass is 14.3. The largest absolute Gasteiger partial charge is 0.0679 e. The molecular formula is C10H10. The standard InChI is InChI=1S/C10H10/c1-7(2)10-8-5-3-4-6-9(8)10/h3-6H,1-2H3. The van der Waals surface area contributed by atoms with Crippen LogP contribution in [0.4, 0.5) is 0 Å². The van der Waals surface area contributed by atoms with Gasteiger partial charge in [0.15, 0.2) is 0 Å². The molecule has 2 rings (SSSR count). The van der Waals surface area contributed by atoms with Crippen molar-refractivity contribution in [1.29, 1.82) is 0 Å². The van der Waals surface area contributed by atoms with Crippen molar-refractivity contribution < 1.29 is 0 Å². The SMILES string of the molecule is CC(C)=C1c2ccccc21. The fraction of sp³-hybridized carbons (Fsp3) is 0.200. The molecule has 0 aromatic heterocycles. The first-order valence-corrected chi connectivity index (χ1v) is 3.58. The molecule has 0 unspecified atom stereocenters. The van der Waals surface area contributed by atoms with Crippen LogP contribution in [0.25, 0.3) is 5.57 Å². The Kier molecular flexibility index (Phi) is 0.986. The molecule has 0 spiro atoms. The normalized spacial score (nSPS) is 12.8. The van der Waals surface area contributed by atoms with Crippen molar-refractivity contribution >= 4 is 5.57 Å². The quantitative estimate of drug-likeness (QED) is 0.514. The second-order valence-electron chi connectivity index (χ2n) is 2.92. The fourth-order valence-electron chi connectivity index (χ4n) is 1.41. The molecule has 0 radical (unpaired) electrons. The summed E-state index contributed by atoms with van der Waals surface area (Å²) in [5.41, 5.74) is 5.80. The minimum atomic E-state index is 1.43. The molecule has 0 amide bonds. The molecule has 0 aliphatic heterocycles. The molecule has 1 aromatic rings. The summed E-state index contributed by atoms with van der Waals surface area (Å²) in [7, 11) is 0. The Morgan fingerprint density at radius 1 is 1.00 bits per heavy atom. The van der Waals surface area contributed by atoms with Crippen molar-refractivity contribution in [2.75, 3.05) is 0 Å². The lowest BCUT2D eigenvalue weighted by Crippen LogP contribution is -1.58.